The first-order valence-corrected chi connectivity index (χ1v) is 4.38. The van der Waals surface area contributed by atoms with E-state index >= 15 is 0 Å². The van der Waals surface area contributed by atoms with Gasteiger partial charge in [0, 0.05) is 24.5 Å². The smallest absolute Gasteiger partial charge is 0.103 e. The number of β-amino-alcohol motifs (C(OH)–C–C–N with tert-alkyl or cyclic N) is 1. The second-order valence-electron chi connectivity index (χ2n) is 3.41. The molecule has 1 saturated heterocycles. The maximum Gasteiger partial charge on any atom is 0.103 e. The summed E-state index contributed by atoms with van der Waals surface area (Å²) in [6.45, 7) is 1.69. The van der Waals surface area contributed by atoms with Crippen molar-refractivity contribution in [2.75, 3.05) is 13.1 Å². The van der Waals surface area contributed by atoms with Gasteiger partial charge < -0.3 is 15.4 Å². The van der Waals surface area contributed by atoms with Gasteiger partial charge in [-0.25, -0.2) is 0 Å². The van der Waals surface area contributed by atoms with Gasteiger partial charge in [0.05, 0.1) is 0 Å². The maximum atomic E-state index is 10.1. The zero-order valence-electron chi connectivity index (χ0n) is 7.01. The molecule has 12 heavy (non-hydrogen) atoms. The van der Waals surface area contributed by atoms with Crippen molar-refractivity contribution in [1.29, 1.82) is 0 Å². The van der Waals surface area contributed by atoms with Crippen molar-refractivity contribution in [2.45, 2.75) is 18.4 Å². The summed E-state index contributed by atoms with van der Waals surface area (Å²) in [4.78, 5) is 2.96. The number of rotatable bonds is 1. The summed E-state index contributed by atoms with van der Waals surface area (Å²) in [6.07, 6.45) is 5.62. The van der Waals surface area contributed by atoms with Gasteiger partial charge in [-0.15, -0.1) is 0 Å². The fourth-order valence-corrected chi connectivity index (χ4v) is 1.75. The minimum absolute atomic E-state index is 0.641. The second kappa shape index (κ2) is 2.92. The van der Waals surface area contributed by atoms with Crippen molar-refractivity contribution < 1.29 is 5.11 Å². The number of piperidine rings is 1. The molecule has 66 valence electrons. The molecule has 2 rings (SSSR count). The Kier molecular flexibility index (Phi) is 1.90. The molecule has 1 aromatic rings. The third kappa shape index (κ3) is 1.26. The number of aromatic amines is 1. The monoisotopic (exact) mass is 166 g/mol. The lowest BCUT2D eigenvalue weighted by Crippen LogP contribution is -2.42. The summed E-state index contributed by atoms with van der Waals surface area (Å²) in [5.74, 6) is 0. The zero-order valence-corrected chi connectivity index (χ0v) is 7.01. The fourth-order valence-electron chi connectivity index (χ4n) is 1.75. The van der Waals surface area contributed by atoms with Gasteiger partial charge in [-0.05, 0) is 25.5 Å². The van der Waals surface area contributed by atoms with Crippen molar-refractivity contribution in [2.24, 2.45) is 0 Å². The van der Waals surface area contributed by atoms with E-state index in [4.69, 9.17) is 0 Å². The molecule has 1 aliphatic rings. The third-order valence-corrected chi connectivity index (χ3v) is 2.50. The van der Waals surface area contributed by atoms with E-state index in [0.717, 1.165) is 24.9 Å². The first kappa shape index (κ1) is 7.83. The van der Waals surface area contributed by atoms with Gasteiger partial charge in [0.25, 0.3) is 0 Å². The number of hydrogen-bond acceptors (Lipinski definition) is 2. The van der Waals surface area contributed by atoms with Gasteiger partial charge in [0.15, 0.2) is 0 Å². The molecule has 0 radical (unpaired) electrons. The number of hydrogen-bond donors (Lipinski definition) is 3. The molecule has 1 aliphatic heterocycles. The molecule has 0 bridgehead atoms. The molecule has 1 atom stereocenters. The van der Waals surface area contributed by atoms with Gasteiger partial charge in [-0.3, -0.25) is 0 Å². The summed E-state index contributed by atoms with van der Waals surface area (Å²) >= 11 is 0. The highest BCUT2D eigenvalue weighted by Gasteiger charge is 2.31. The van der Waals surface area contributed by atoms with Crippen LogP contribution in [0.15, 0.2) is 18.5 Å². The Hall–Kier alpha value is -0.800. The van der Waals surface area contributed by atoms with E-state index in [1.165, 1.54) is 0 Å². The predicted octanol–water partition coefficient (Wildman–Crippen LogP) is 0.586. The lowest BCUT2D eigenvalue weighted by atomic mass is 9.88. The SMILES string of the molecule is OC1(c2cc[nH]c2)CCCNC1. The minimum Gasteiger partial charge on any atom is -0.384 e. The van der Waals surface area contributed by atoms with Crippen LogP contribution < -0.4 is 5.32 Å². The van der Waals surface area contributed by atoms with E-state index in [1.807, 2.05) is 18.5 Å². The molecular formula is C9H14N2O. The highest BCUT2D eigenvalue weighted by Crippen LogP contribution is 2.27. The molecule has 0 amide bonds. The zero-order chi connectivity index (χ0) is 8.44. The van der Waals surface area contributed by atoms with Crippen LogP contribution in [0.3, 0.4) is 0 Å². The van der Waals surface area contributed by atoms with Gasteiger partial charge >= 0.3 is 0 Å². The molecule has 0 spiro atoms. The van der Waals surface area contributed by atoms with Crippen LogP contribution in [-0.4, -0.2) is 23.2 Å². The molecular weight excluding hydrogens is 152 g/mol. The lowest BCUT2D eigenvalue weighted by Gasteiger charge is -2.31. The molecule has 3 nitrogen and oxygen atoms in total. The molecule has 0 saturated carbocycles. The molecule has 0 aromatic carbocycles. The van der Waals surface area contributed by atoms with E-state index < -0.39 is 5.60 Å². The van der Waals surface area contributed by atoms with Crippen LogP contribution in [0.4, 0.5) is 0 Å². The first-order chi connectivity index (χ1) is 5.81. The van der Waals surface area contributed by atoms with E-state index in [2.05, 4.69) is 10.3 Å². The Morgan fingerprint density at radius 2 is 2.42 bits per heavy atom. The third-order valence-electron chi connectivity index (χ3n) is 2.50. The largest absolute Gasteiger partial charge is 0.384 e. The lowest BCUT2D eigenvalue weighted by molar-refractivity contribution is 0.0124. The average molecular weight is 166 g/mol. The Balaban J connectivity index is 2.19. The Morgan fingerprint density at radius 1 is 1.50 bits per heavy atom. The summed E-state index contributed by atoms with van der Waals surface area (Å²) in [5, 5.41) is 13.3. The van der Waals surface area contributed by atoms with Crippen LogP contribution in [-0.2, 0) is 5.60 Å². The molecule has 0 aliphatic carbocycles. The van der Waals surface area contributed by atoms with Crippen molar-refractivity contribution in [3.63, 3.8) is 0 Å². The molecule has 3 N–H and O–H groups in total. The summed E-state index contributed by atoms with van der Waals surface area (Å²) < 4.78 is 0. The van der Waals surface area contributed by atoms with Gasteiger partial charge in [0.1, 0.15) is 5.60 Å². The van der Waals surface area contributed by atoms with Crippen LogP contribution >= 0.6 is 0 Å². The van der Waals surface area contributed by atoms with E-state index in [9.17, 15) is 5.11 Å². The standard InChI is InChI=1S/C9H14N2O/c12-9(3-1-4-11-7-9)8-2-5-10-6-8/h2,5-6,10-12H,1,3-4,7H2. The highest BCUT2D eigenvalue weighted by molar-refractivity contribution is 5.19. The van der Waals surface area contributed by atoms with Crippen LogP contribution in [0.25, 0.3) is 0 Å². The number of aliphatic hydroxyl groups is 1. The van der Waals surface area contributed by atoms with Crippen molar-refractivity contribution in [3.8, 4) is 0 Å². The quantitative estimate of drug-likeness (QED) is 0.571. The molecule has 1 unspecified atom stereocenters. The second-order valence-corrected chi connectivity index (χ2v) is 3.41. The van der Waals surface area contributed by atoms with Crippen molar-refractivity contribution in [3.05, 3.63) is 24.0 Å². The Bertz CT molecular complexity index is 237. The van der Waals surface area contributed by atoms with Crippen LogP contribution in [0.5, 0.6) is 0 Å². The topological polar surface area (TPSA) is 48.0 Å². The van der Waals surface area contributed by atoms with Gasteiger partial charge in [-0.1, -0.05) is 0 Å². The van der Waals surface area contributed by atoms with Gasteiger partial charge in [0.2, 0.25) is 0 Å². The van der Waals surface area contributed by atoms with Crippen LogP contribution in [0.2, 0.25) is 0 Å². The average Bonchev–Trinajstić information content (AvgIpc) is 2.58. The minimum atomic E-state index is -0.641. The number of H-pyrrole nitrogens is 1. The van der Waals surface area contributed by atoms with Crippen LogP contribution in [0.1, 0.15) is 18.4 Å². The predicted molar refractivity (Wildman–Crippen MR) is 46.8 cm³/mol. The normalized spacial score (nSPS) is 30.4. The van der Waals surface area contributed by atoms with E-state index in [1.54, 1.807) is 0 Å². The molecule has 3 heteroatoms. The molecule has 2 heterocycles. The summed E-state index contributed by atoms with van der Waals surface area (Å²) in [5.41, 5.74) is 0.354. The number of nitrogens with one attached hydrogen (secondary N) is 2. The van der Waals surface area contributed by atoms with Crippen molar-refractivity contribution >= 4 is 0 Å². The van der Waals surface area contributed by atoms with E-state index in [0.29, 0.717) is 6.54 Å². The first-order valence-electron chi connectivity index (χ1n) is 4.38. The highest BCUT2D eigenvalue weighted by atomic mass is 16.3. The Morgan fingerprint density at radius 3 is 3.00 bits per heavy atom. The number of aromatic nitrogens is 1. The van der Waals surface area contributed by atoms with Gasteiger partial charge in [-0.2, -0.15) is 0 Å². The summed E-state index contributed by atoms with van der Waals surface area (Å²) in [7, 11) is 0. The summed E-state index contributed by atoms with van der Waals surface area (Å²) in [6, 6.07) is 1.94. The Labute approximate surface area is 71.8 Å². The van der Waals surface area contributed by atoms with Crippen LogP contribution in [0, 0.1) is 0 Å². The van der Waals surface area contributed by atoms with Crippen molar-refractivity contribution in [1.82, 2.24) is 10.3 Å². The maximum absolute atomic E-state index is 10.1. The molecule has 1 fully saturated rings. The van der Waals surface area contributed by atoms with E-state index in [-0.39, 0.29) is 0 Å². The fraction of sp³-hybridized carbons (Fsp3) is 0.556. The molecule has 1 aromatic heterocycles.